The van der Waals surface area contributed by atoms with Gasteiger partial charge in [-0.3, -0.25) is 4.98 Å². The van der Waals surface area contributed by atoms with Gasteiger partial charge in [-0.15, -0.1) is 0 Å². The molecule has 2 aromatic rings. The maximum absolute atomic E-state index is 12.5. The van der Waals surface area contributed by atoms with Crippen LogP contribution >= 0.6 is 0 Å². The number of ether oxygens (including phenoxy) is 3. The highest BCUT2D eigenvalue weighted by atomic mass is 16.5. The average Bonchev–Trinajstić information content (AvgIpc) is 2.69. The zero-order chi connectivity index (χ0) is 18.4. The molecule has 1 N–H and O–H groups in total. The average molecular weight is 357 g/mol. The quantitative estimate of drug-likeness (QED) is 0.890. The van der Waals surface area contributed by atoms with Crippen molar-refractivity contribution >= 4 is 11.7 Å². The number of likely N-dealkylation sites (tertiary alicyclic amines) is 1. The SMILES string of the molecule is COc1ccc(NC(=O)N2CCC(Oc3cccnc3)CC2)cc1OC. The summed E-state index contributed by atoms with van der Waals surface area (Å²) >= 11 is 0. The zero-order valence-corrected chi connectivity index (χ0v) is 15.0. The van der Waals surface area contributed by atoms with Crippen molar-refractivity contribution in [2.45, 2.75) is 18.9 Å². The van der Waals surface area contributed by atoms with Gasteiger partial charge in [-0.1, -0.05) is 0 Å². The van der Waals surface area contributed by atoms with Crippen LogP contribution in [-0.4, -0.2) is 49.3 Å². The summed E-state index contributed by atoms with van der Waals surface area (Å²) in [6, 6.07) is 8.91. The van der Waals surface area contributed by atoms with E-state index in [9.17, 15) is 4.79 Å². The van der Waals surface area contributed by atoms with Gasteiger partial charge in [0.05, 0.1) is 20.4 Å². The van der Waals surface area contributed by atoms with E-state index in [1.54, 1.807) is 49.7 Å². The molecule has 7 nitrogen and oxygen atoms in total. The van der Waals surface area contributed by atoms with Crippen LogP contribution in [-0.2, 0) is 0 Å². The van der Waals surface area contributed by atoms with Crippen LogP contribution < -0.4 is 19.5 Å². The van der Waals surface area contributed by atoms with E-state index < -0.39 is 0 Å². The number of methoxy groups -OCH3 is 2. The second-order valence-corrected chi connectivity index (χ2v) is 5.99. The zero-order valence-electron chi connectivity index (χ0n) is 15.0. The molecule has 0 unspecified atom stereocenters. The third kappa shape index (κ3) is 4.36. The minimum atomic E-state index is -0.128. The Morgan fingerprint density at radius 3 is 2.58 bits per heavy atom. The van der Waals surface area contributed by atoms with Crippen molar-refractivity contribution in [3.63, 3.8) is 0 Å². The molecule has 0 bridgehead atoms. The van der Waals surface area contributed by atoms with Crippen LogP contribution in [0.15, 0.2) is 42.7 Å². The van der Waals surface area contributed by atoms with E-state index in [0.29, 0.717) is 30.3 Å². The fourth-order valence-corrected chi connectivity index (χ4v) is 2.90. The van der Waals surface area contributed by atoms with Crippen molar-refractivity contribution in [2.24, 2.45) is 0 Å². The number of hydrogen-bond acceptors (Lipinski definition) is 5. The molecule has 1 aliphatic heterocycles. The molecule has 0 aliphatic carbocycles. The van der Waals surface area contributed by atoms with E-state index in [1.165, 1.54) is 0 Å². The Hall–Kier alpha value is -2.96. The minimum absolute atomic E-state index is 0.101. The predicted molar refractivity (Wildman–Crippen MR) is 98.0 cm³/mol. The molecule has 0 saturated carbocycles. The van der Waals surface area contributed by atoms with Crippen LogP contribution in [0, 0.1) is 0 Å². The number of nitrogens with one attached hydrogen (secondary N) is 1. The Bertz CT molecular complexity index is 731. The summed E-state index contributed by atoms with van der Waals surface area (Å²) in [5, 5.41) is 2.90. The molecule has 0 spiro atoms. The van der Waals surface area contributed by atoms with E-state index >= 15 is 0 Å². The maximum Gasteiger partial charge on any atom is 0.321 e. The summed E-state index contributed by atoms with van der Waals surface area (Å²) < 4.78 is 16.4. The number of benzene rings is 1. The summed E-state index contributed by atoms with van der Waals surface area (Å²) in [4.78, 5) is 18.3. The Balaban J connectivity index is 1.52. The first-order valence-electron chi connectivity index (χ1n) is 8.54. The van der Waals surface area contributed by atoms with Gasteiger partial charge in [0.15, 0.2) is 11.5 Å². The first kappa shape index (κ1) is 17.8. The molecule has 0 atom stereocenters. The number of anilines is 1. The van der Waals surface area contributed by atoms with Gasteiger partial charge >= 0.3 is 6.03 Å². The van der Waals surface area contributed by atoms with Crippen LogP contribution in [0.25, 0.3) is 0 Å². The molecule has 1 saturated heterocycles. The van der Waals surface area contributed by atoms with Gasteiger partial charge in [0.25, 0.3) is 0 Å². The summed E-state index contributed by atoms with van der Waals surface area (Å²) in [5.74, 6) is 1.97. The number of carbonyl (C=O) groups is 1. The minimum Gasteiger partial charge on any atom is -0.493 e. The Morgan fingerprint density at radius 1 is 1.15 bits per heavy atom. The number of aromatic nitrogens is 1. The highest BCUT2D eigenvalue weighted by molar-refractivity contribution is 5.89. The van der Waals surface area contributed by atoms with Gasteiger partial charge in [-0.2, -0.15) is 0 Å². The molecule has 2 amide bonds. The largest absolute Gasteiger partial charge is 0.493 e. The second-order valence-electron chi connectivity index (χ2n) is 5.99. The lowest BCUT2D eigenvalue weighted by atomic mass is 10.1. The fraction of sp³-hybridized carbons (Fsp3) is 0.368. The van der Waals surface area contributed by atoms with Gasteiger partial charge in [0, 0.05) is 43.9 Å². The van der Waals surface area contributed by atoms with Crippen molar-refractivity contribution in [3.05, 3.63) is 42.7 Å². The molecule has 3 rings (SSSR count). The van der Waals surface area contributed by atoms with Crippen LogP contribution in [0.5, 0.6) is 17.2 Å². The van der Waals surface area contributed by atoms with Crippen molar-refractivity contribution in [1.82, 2.24) is 9.88 Å². The van der Waals surface area contributed by atoms with E-state index in [4.69, 9.17) is 14.2 Å². The molecule has 1 aromatic carbocycles. The molecule has 1 aromatic heterocycles. The molecule has 26 heavy (non-hydrogen) atoms. The number of hydrogen-bond donors (Lipinski definition) is 1. The second kappa shape index (κ2) is 8.42. The molecular weight excluding hydrogens is 334 g/mol. The topological polar surface area (TPSA) is 72.9 Å². The lowest BCUT2D eigenvalue weighted by molar-refractivity contribution is 0.115. The predicted octanol–water partition coefficient (Wildman–Crippen LogP) is 3.17. The Morgan fingerprint density at radius 2 is 1.92 bits per heavy atom. The fourth-order valence-electron chi connectivity index (χ4n) is 2.90. The smallest absolute Gasteiger partial charge is 0.321 e. The first-order valence-corrected chi connectivity index (χ1v) is 8.54. The van der Waals surface area contributed by atoms with Gasteiger partial charge in [-0.25, -0.2) is 4.79 Å². The Kier molecular flexibility index (Phi) is 5.78. The van der Waals surface area contributed by atoms with Gasteiger partial charge in [0.1, 0.15) is 11.9 Å². The number of rotatable bonds is 5. The molecule has 7 heteroatoms. The third-order valence-electron chi connectivity index (χ3n) is 4.30. The highest BCUT2D eigenvalue weighted by Crippen LogP contribution is 2.30. The van der Waals surface area contributed by atoms with Crippen molar-refractivity contribution in [1.29, 1.82) is 0 Å². The molecule has 1 fully saturated rings. The molecule has 138 valence electrons. The summed E-state index contributed by atoms with van der Waals surface area (Å²) in [5.41, 5.74) is 0.668. The van der Waals surface area contributed by atoms with Crippen molar-refractivity contribution < 1.29 is 19.0 Å². The lowest BCUT2D eigenvalue weighted by Gasteiger charge is -2.32. The molecular formula is C19H23N3O4. The van der Waals surface area contributed by atoms with E-state index in [1.807, 2.05) is 12.1 Å². The number of urea groups is 1. The first-order chi connectivity index (χ1) is 12.7. The number of nitrogens with zero attached hydrogens (tertiary/aromatic N) is 2. The lowest BCUT2D eigenvalue weighted by Crippen LogP contribution is -2.43. The van der Waals surface area contributed by atoms with Gasteiger partial charge in [0.2, 0.25) is 0 Å². The highest BCUT2D eigenvalue weighted by Gasteiger charge is 2.24. The summed E-state index contributed by atoms with van der Waals surface area (Å²) in [6.07, 6.45) is 5.09. The summed E-state index contributed by atoms with van der Waals surface area (Å²) in [7, 11) is 3.14. The standard InChI is InChI=1S/C19H23N3O4/c1-24-17-6-5-14(12-18(17)25-2)21-19(23)22-10-7-15(8-11-22)26-16-4-3-9-20-13-16/h3-6,9,12-13,15H,7-8,10-11H2,1-2H3,(H,21,23). The van der Waals surface area contributed by atoms with Gasteiger partial charge in [-0.05, 0) is 24.3 Å². The number of amides is 2. The molecule has 0 radical (unpaired) electrons. The normalized spacial score (nSPS) is 14.6. The molecule has 2 heterocycles. The van der Waals surface area contributed by atoms with Gasteiger partial charge < -0.3 is 24.4 Å². The van der Waals surface area contributed by atoms with E-state index in [-0.39, 0.29) is 12.1 Å². The number of piperidine rings is 1. The third-order valence-corrected chi connectivity index (χ3v) is 4.30. The van der Waals surface area contributed by atoms with E-state index in [2.05, 4.69) is 10.3 Å². The maximum atomic E-state index is 12.5. The number of carbonyl (C=O) groups excluding carboxylic acids is 1. The van der Waals surface area contributed by atoms with Crippen LogP contribution in [0.3, 0.4) is 0 Å². The Labute approximate surface area is 152 Å². The van der Waals surface area contributed by atoms with Crippen molar-refractivity contribution in [2.75, 3.05) is 32.6 Å². The van der Waals surface area contributed by atoms with Crippen LogP contribution in [0.4, 0.5) is 10.5 Å². The summed E-state index contributed by atoms with van der Waals surface area (Å²) in [6.45, 7) is 1.29. The number of pyridine rings is 1. The van der Waals surface area contributed by atoms with Crippen LogP contribution in [0.1, 0.15) is 12.8 Å². The van der Waals surface area contributed by atoms with E-state index in [0.717, 1.165) is 18.6 Å². The monoisotopic (exact) mass is 357 g/mol. The van der Waals surface area contributed by atoms with Crippen LogP contribution in [0.2, 0.25) is 0 Å². The molecule has 1 aliphatic rings. The van der Waals surface area contributed by atoms with Crippen molar-refractivity contribution in [3.8, 4) is 17.2 Å².